The summed E-state index contributed by atoms with van der Waals surface area (Å²) in [6.45, 7) is 3.20. The van der Waals surface area contributed by atoms with Crippen LogP contribution in [-0.4, -0.2) is 51.4 Å². The van der Waals surface area contributed by atoms with E-state index in [2.05, 4.69) is 21.2 Å². The fraction of sp³-hybridized carbons (Fsp3) is 0.259. The number of benzene rings is 3. The van der Waals surface area contributed by atoms with Crippen molar-refractivity contribution in [2.24, 2.45) is 0 Å². The Labute approximate surface area is 236 Å². The second-order valence-electron chi connectivity index (χ2n) is 8.31. The number of sulfonamides is 1. The molecular weight excluding hydrogens is 594 g/mol. The van der Waals surface area contributed by atoms with E-state index in [1.165, 1.54) is 36.2 Å². The number of amides is 2. The van der Waals surface area contributed by atoms with Crippen molar-refractivity contribution in [1.29, 1.82) is 0 Å². The first-order valence-electron chi connectivity index (χ1n) is 11.8. The van der Waals surface area contributed by atoms with Crippen molar-refractivity contribution < 1.29 is 22.7 Å². The Hall–Kier alpha value is -3.08. The van der Waals surface area contributed by atoms with E-state index in [1.807, 2.05) is 24.3 Å². The van der Waals surface area contributed by atoms with Crippen LogP contribution in [-0.2, 0) is 26.2 Å². The van der Waals surface area contributed by atoms with Crippen LogP contribution in [0.2, 0.25) is 5.02 Å². The fourth-order valence-corrected chi connectivity index (χ4v) is 5.81. The van der Waals surface area contributed by atoms with Crippen LogP contribution in [0.1, 0.15) is 19.4 Å². The quantitative estimate of drug-likeness (QED) is 0.330. The SMILES string of the molecule is CCOc1ccccc1N(CC(=O)N(Cc1cccc(Br)c1)C(C)C(=O)NC)S(=O)(=O)c1ccc(Cl)cc1. The van der Waals surface area contributed by atoms with Crippen molar-refractivity contribution in [3.8, 4) is 5.75 Å². The first-order valence-corrected chi connectivity index (χ1v) is 14.4. The highest BCUT2D eigenvalue weighted by molar-refractivity contribution is 9.10. The van der Waals surface area contributed by atoms with Crippen LogP contribution < -0.4 is 14.4 Å². The van der Waals surface area contributed by atoms with Gasteiger partial charge in [-0.15, -0.1) is 0 Å². The third-order valence-corrected chi connectivity index (χ3v) is 8.29. The summed E-state index contributed by atoms with van der Waals surface area (Å²) in [4.78, 5) is 27.7. The summed E-state index contributed by atoms with van der Waals surface area (Å²) < 4.78 is 35.3. The first kappa shape index (κ1) is 29.5. The number of para-hydroxylation sites is 2. The first-order chi connectivity index (χ1) is 18.1. The predicted molar refractivity (Wildman–Crippen MR) is 152 cm³/mol. The molecule has 1 unspecified atom stereocenters. The second-order valence-corrected chi connectivity index (χ2v) is 11.5. The summed E-state index contributed by atoms with van der Waals surface area (Å²) in [6.07, 6.45) is 0. The molecule has 1 atom stereocenters. The van der Waals surface area contributed by atoms with Crippen LogP contribution in [0.15, 0.2) is 82.2 Å². The Morgan fingerprint density at radius 3 is 2.37 bits per heavy atom. The van der Waals surface area contributed by atoms with Gasteiger partial charge in [-0.2, -0.15) is 0 Å². The topological polar surface area (TPSA) is 96.0 Å². The van der Waals surface area contributed by atoms with Crippen LogP contribution in [0.3, 0.4) is 0 Å². The largest absolute Gasteiger partial charge is 0.492 e. The average Bonchev–Trinajstić information content (AvgIpc) is 2.90. The number of hydrogen-bond acceptors (Lipinski definition) is 5. The molecule has 0 spiro atoms. The van der Waals surface area contributed by atoms with Crippen molar-refractivity contribution in [3.63, 3.8) is 0 Å². The molecule has 3 rings (SSSR count). The van der Waals surface area contributed by atoms with Gasteiger partial charge < -0.3 is 15.0 Å². The van der Waals surface area contributed by atoms with Crippen LogP contribution in [0.4, 0.5) is 5.69 Å². The lowest BCUT2D eigenvalue weighted by Gasteiger charge is -2.32. The van der Waals surface area contributed by atoms with Gasteiger partial charge >= 0.3 is 0 Å². The molecule has 3 aromatic carbocycles. The molecule has 0 aliphatic rings. The number of rotatable bonds is 11. The summed E-state index contributed by atoms with van der Waals surface area (Å²) in [5, 5.41) is 2.94. The van der Waals surface area contributed by atoms with Gasteiger partial charge in [0.1, 0.15) is 18.3 Å². The van der Waals surface area contributed by atoms with E-state index in [0.717, 1.165) is 14.3 Å². The van der Waals surface area contributed by atoms with Gasteiger partial charge in [-0.05, 0) is 67.9 Å². The molecular formula is C27H29BrClN3O5S. The van der Waals surface area contributed by atoms with Gasteiger partial charge in [0.25, 0.3) is 10.0 Å². The monoisotopic (exact) mass is 621 g/mol. The van der Waals surface area contributed by atoms with E-state index in [9.17, 15) is 18.0 Å². The van der Waals surface area contributed by atoms with Crippen molar-refractivity contribution in [3.05, 3.63) is 87.9 Å². The van der Waals surface area contributed by atoms with Crippen molar-refractivity contribution in [1.82, 2.24) is 10.2 Å². The van der Waals surface area contributed by atoms with E-state index in [0.29, 0.717) is 17.4 Å². The molecule has 0 saturated carbocycles. The number of hydrogen-bond donors (Lipinski definition) is 1. The zero-order valence-electron chi connectivity index (χ0n) is 21.2. The molecule has 2 amide bonds. The van der Waals surface area contributed by atoms with E-state index >= 15 is 0 Å². The molecule has 11 heteroatoms. The van der Waals surface area contributed by atoms with Gasteiger partial charge in [0, 0.05) is 23.1 Å². The third kappa shape index (κ3) is 7.06. The van der Waals surface area contributed by atoms with Gasteiger partial charge in [-0.3, -0.25) is 13.9 Å². The molecule has 3 aromatic rings. The molecule has 0 aromatic heterocycles. The molecule has 0 aliphatic carbocycles. The Morgan fingerprint density at radius 1 is 1.05 bits per heavy atom. The summed E-state index contributed by atoms with van der Waals surface area (Å²) in [6, 6.07) is 18.8. The molecule has 0 aliphatic heterocycles. The zero-order valence-corrected chi connectivity index (χ0v) is 24.4. The van der Waals surface area contributed by atoms with Crippen LogP contribution in [0, 0.1) is 0 Å². The van der Waals surface area contributed by atoms with Gasteiger partial charge in [0.15, 0.2) is 0 Å². The summed E-state index contributed by atoms with van der Waals surface area (Å²) in [5.41, 5.74) is 0.970. The number of ether oxygens (including phenoxy) is 1. The van der Waals surface area contributed by atoms with E-state index in [4.69, 9.17) is 16.3 Å². The maximum absolute atomic E-state index is 13.9. The molecule has 0 fully saturated rings. The predicted octanol–water partition coefficient (Wildman–Crippen LogP) is 4.86. The minimum absolute atomic E-state index is 0.0427. The fourth-order valence-electron chi connectivity index (χ4n) is 3.81. The lowest BCUT2D eigenvalue weighted by Crippen LogP contribution is -2.50. The summed E-state index contributed by atoms with van der Waals surface area (Å²) in [7, 11) is -2.75. The van der Waals surface area contributed by atoms with Gasteiger partial charge in [0.2, 0.25) is 11.8 Å². The normalized spacial score (nSPS) is 11.9. The smallest absolute Gasteiger partial charge is 0.264 e. The van der Waals surface area contributed by atoms with Crippen LogP contribution in [0.25, 0.3) is 0 Å². The minimum atomic E-state index is -4.23. The Bertz CT molecular complexity index is 1390. The van der Waals surface area contributed by atoms with Crippen molar-refractivity contribution >= 4 is 55.1 Å². The number of carbonyl (C=O) groups excluding carboxylic acids is 2. The molecule has 0 radical (unpaired) electrons. The van der Waals surface area contributed by atoms with Crippen molar-refractivity contribution in [2.45, 2.75) is 31.3 Å². The van der Waals surface area contributed by atoms with Gasteiger partial charge in [0.05, 0.1) is 17.2 Å². The lowest BCUT2D eigenvalue weighted by molar-refractivity contribution is -0.139. The number of nitrogens with zero attached hydrogens (tertiary/aromatic N) is 2. The highest BCUT2D eigenvalue weighted by Gasteiger charge is 2.33. The molecule has 202 valence electrons. The number of carbonyl (C=O) groups is 2. The summed E-state index contributed by atoms with van der Waals surface area (Å²) in [5.74, 6) is -0.640. The number of halogens is 2. The maximum atomic E-state index is 13.9. The maximum Gasteiger partial charge on any atom is 0.264 e. The number of anilines is 1. The van der Waals surface area contributed by atoms with E-state index in [1.54, 1.807) is 38.1 Å². The molecule has 38 heavy (non-hydrogen) atoms. The molecule has 8 nitrogen and oxygen atoms in total. The molecule has 0 bridgehead atoms. The molecule has 0 saturated heterocycles. The Balaban J connectivity index is 2.09. The lowest BCUT2D eigenvalue weighted by atomic mass is 10.1. The molecule has 0 heterocycles. The van der Waals surface area contributed by atoms with Gasteiger partial charge in [-0.25, -0.2) is 8.42 Å². The van der Waals surface area contributed by atoms with E-state index < -0.39 is 28.5 Å². The summed E-state index contributed by atoms with van der Waals surface area (Å²) >= 11 is 9.41. The minimum Gasteiger partial charge on any atom is -0.492 e. The van der Waals surface area contributed by atoms with Crippen LogP contribution >= 0.6 is 27.5 Å². The van der Waals surface area contributed by atoms with Crippen molar-refractivity contribution in [2.75, 3.05) is 24.5 Å². The number of likely N-dealkylation sites (N-methyl/N-ethyl adjacent to an activating group) is 1. The Kier molecular flexibility index (Phi) is 10.2. The zero-order chi connectivity index (χ0) is 27.9. The van der Waals surface area contributed by atoms with E-state index in [-0.39, 0.29) is 23.0 Å². The Morgan fingerprint density at radius 2 is 1.74 bits per heavy atom. The standard InChI is InChI=1S/C27H29BrClN3O5S/c1-4-37-25-11-6-5-10-24(25)32(38(35,36)23-14-12-22(29)13-15-23)18-26(33)31(19(2)27(34)30-3)17-20-8-7-9-21(28)16-20/h5-16,19H,4,17-18H2,1-3H3,(H,30,34). The average molecular weight is 623 g/mol. The highest BCUT2D eigenvalue weighted by atomic mass is 79.9. The third-order valence-electron chi connectivity index (χ3n) is 5.77. The highest BCUT2D eigenvalue weighted by Crippen LogP contribution is 2.33. The van der Waals surface area contributed by atoms with Crippen LogP contribution in [0.5, 0.6) is 5.75 Å². The van der Waals surface area contributed by atoms with Gasteiger partial charge in [-0.1, -0.05) is 51.8 Å². The number of nitrogens with one attached hydrogen (secondary N) is 1. The molecule has 1 N–H and O–H groups in total. The second kappa shape index (κ2) is 13.1.